The predicted octanol–water partition coefficient (Wildman–Crippen LogP) is 2.96. The van der Waals surface area contributed by atoms with E-state index in [1.807, 2.05) is 6.07 Å². The van der Waals surface area contributed by atoms with Gasteiger partial charge in [-0.05, 0) is 63.0 Å². The van der Waals surface area contributed by atoms with E-state index in [1.165, 1.54) is 6.42 Å². The van der Waals surface area contributed by atoms with Gasteiger partial charge in [0.05, 0.1) is 5.69 Å². The number of piperidine rings is 1. The molecule has 0 bridgehead atoms. The highest BCUT2D eigenvalue weighted by Gasteiger charge is 2.27. The third kappa shape index (κ3) is 3.96. The molecule has 2 aliphatic heterocycles. The Morgan fingerprint density at radius 3 is 2.79 bits per heavy atom. The summed E-state index contributed by atoms with van der Waals surface area (Å²) in [4.78, 5) is 26.7. The SMILES string of the molecule is CC(C)CCN1CCC(C(=O)c2ccc3c(c2)NC(=O)CO3)CC1. The Balaban J connectivity index is 1.59. The van der Waals surface area contributed by atoms with Crippen molar-refractivity contribution in [2.75, 3.05) is 31.6 Å². The quantitative estimate of drug-likeness (QED) is 0.843. The van der Waals surface area contributed by atoms with E-state index in [1.54, 1.807) is 12.1 Å². The van der Waals surface area contributed by atoms with Crippen LogP contribution in [0.15, 0.2) is 18.2 Å². The van der Waals surface area contributed by atoms with E-state index in [9.17, 15) is 9.59 Å². The summed E-state index contributed by atoms with van der Waals surface area (Å²) in [6.07, 6.45) is 3.04. The van der Waals surface area contributed by atoms with Gasteiger partial charge in [0.1, 0.15) is 5.75 Å². The van der Waals surface area contributed by atoms with Crippen LogP contribution >= 0.6 is 0 Å². The second-order valence-corrected chi connectivity index (χ2v) is 7.21. The maximum absolute atomic E-state index is 12.8. The molecule has 5 nitrogen and oxygen atoms in total. The summed E-state index contributed by atoms with van der Waals surface area (Å²) in [7, 11) is 0. The third-order valence-corrected chi connectivity index (χ3v) is 4.88. The fraction of sp³-hybridized carbons (Fsp3) is 0.579. The second-order valence-electron chi connectivity index (χ2n) is 7.21. The number of anilines is 1. The average Bonchev–Trinajstić information content (AvgIpc) is 2.59. The molecule has 3 rings (SSSR count). The standard InChI is InChI=1S/C19H26N2O3/c1-13(2)5-8-21-9-6-14(7-10-21)19(23)15-3-4-17-16(11-15)20-18(22)12-24-17/h3-4,11,13-14H,5-10,12H2,1-2H3,(H,20,22). The first kappa shape index (κ1) is 17.0. The van der Waals surface area contributed by atoms with Crippen molar-refractivity contribution in [3.05, 3.63) is 23.8 Å². The monoisotopic (exact) mass is 330 g/mol. The number of benzene rings is 1. The zero-order valence-corrected chi connectivity index (χ0v) is 14.5. The van der Waals surface area contributed by atoms with E-state index >= 15 is 0 Å². The van der Waals surface area contributed by atoms with Crippen molar-refractivity contribution in [2.45, 2.75) is 33.1 Å². The minimum atomic E-state index is -0.175. The van der Waals surface area contributed by atoms with E-state index < -0.39 is 0 Å². The molecule has 0 spiro atoms. The first-order valence-corrected chi connectivity index (χ1v) is 8.86. The minimum Gasteiger partial charge on any atom is -0.482 e. The first-order chi connectivity index (χ1) is 11.5. The average molecular weight is 330 g/mol. The van der Waals surface area contributed by atoms with Gasteiger partial charge in [0.15, 0.2) is 12.4 Å². The largest absolute Gasteiger partial charge is 0.482 e. The fourth-order valence-electron chi connectivity index (χ4n) is 3.33. The number of ether oxygens (including phenoxy) is 1. The van der Waals surface area contributed by atoms with Crippen molar-refractivity contribution in [1.82, 2.24) is 4.90 Å². The lowest BCUT2D eigenvalue weighted by Gasteiger charge is -2.31. The Bertz CT molecular complexity index is 619. The van der Waals surface area contributed by atoms with Crippen LogP contribution in [0.4, 0.5) is 5.69 Å². The van der Waals surface area contributed by atoms with E-state index in [0.29, 0.717) is 17.0 Å². The van der Waals surface area contributed by atoms with E-state index in [4.69, 9.17) is 4.74 Å². The zero-order chi connectivity index (χ0) is 17.1. The molecule has 1 fully saturated rings. The summed E-state index contributed by atoms with van der Waals surface area (Å²) in [5.41, 5.74) is 1.27. The van der Waals surface area contributed by atoms with Crippen molar-refractivity contribution in [2.24, 2.45) is 11.8 Å². The molecule has 0 radical (unpaired) electrons. The molecule has 0 aromatic heterocycles. The lowest BCUT2D eigenvalue weighted by Crippen LogP contribution is -2.37. The molecule has 2 aliphatic rings. The second kappa shape index (κ2) is 7.34. The predicted molar refractivity (Wildman–Crippen MR) is 93.5 cm³/mol. The Hall–Kier alpha value is -1.88. The molecule has 1 aromatic rings. The number of rotatable bonds is 5. The van der Waals surface area contributed by atoms with Crippen molar-refractivity contribution in [3.8, 4) is 5.75 Å². The van der Waals surface area contributed by atoms with Crippen LogP contribution in [0.5, 0.6) is 5.75 Å². The van der Waals surface area contributed by atoms with Crippen LogP contribution in [0, 0.1) is 11.8 Å². The molecule has 24 heavy (non-hydrogen) atoms. The number of carbonyl (C=O) groups is 2. The molecule has 0 aliphatic carbocycles. The van der Waals surface area contributed by atoms with Crippen molar-refractivity contribution in [3.63, 3.8) is 0 Å². The Morgan fingerprint density at radius 1 is 1.33 bits per heavy atom. The van der Waals surface area contributed by atoms with Crippen LogP contribution in [-0.4, -0.2) is 42.8 Å². The summed E-state index contributed by atoms with van der Waals surface area (Å²) in [5.74, 6) is 1.44. The van der Waals surface area contributed by atoms with Crippen LogP contribution < -0.4 is 10.1 Å². The van der Waals surface area contributed by atoms with Gasteiger partial charge in [0.25, 0.3) is 5.91 Å². The molecule has 0 unspecified atom stereocenters. The molecule has 1 N–H and O–H groups in total. The van der Waals surface area contributed by atoms with Gasteiger partial charge in [-0.1, -0.05) is 13.8 Å². The van der Waals surface area contributed by atoms with Crippen LogP contribution in [0.25, 0.3) is 0 Å². The Morgan fingerprint density at radius 2 is 2.08 bits per heavy atom. The number of fused-ring (bicyclic) bond motifs is 1. The van der Waals surface area contributed by atoms with Gasteiger partial charge in [-0.15, -0.1) is 0 Å². The summed E-state index contributed by atoms with van der Waals surface area (Å²) in [6, 6.07) is 5.34. The third-order valence-electron chi connectivity index (χ3n) is 4.88. The van der Waals surface area contributed by atoms with Crippen LogP contribution in [-0.2, 0) is 4.79 Å². The van der Waals surface area contributed by atoms with Gasteiger partial charge in [0, 0.05) is 11.5 Å². The number of carbonyl (C=O) groups excluding carboxylic acids is 2. The normalized spacial score (nSPS) is 18.9. The van der Waals surface area contributed by atoms with Crippen molar-refractivity contribution in [1.29, 1.82) is 0 Å². The molecule has 0 saturated carbocycles. The number of ketones is 1. The lowest BCUT2D eigenvalue weighted by atomic mass is 9.88. The summed E-state index contributed by atoms with van der Waals surface area (Å²) in [6.45, 7) is 7.64. The minimum absolute atomic E-state index is 0.0368. The summed E-state index contributed by atoms with van der Waals surface area (Å²) in [5, 5.41) is 2.77. The van der Waals surface area contributed by atoms with Gasteiger partial charge in [0.2, 0.25) is 0 Å². The van der Waals surface area contributed by atoms with Gasteiger partial charge < -0.3 is 15.0 Å². The molecule has 1 aromatic carbocycles. The Labute approximate surface area is 143 Å². The molecule has 1 amide bonds. The van der Waals surface area contributed by atoms with E-state index in [-0.39, 0.29) is 24.2 Å². The maximum Gasteiger partial charge on any atom is 0.262 e. The number of hydrogen-bond acceptors (Lipinski definition) is 4. The topological polar surface area (TPSA) is 58.6 Å². The number of nitrogens with zero attached hydrogens (tertiary/aromatic N) is 1. The van der Waals surface area contributed by atoms with Gasteiger partial charge in [-0.3, -0.25) is 9.59 Å². The molecule has 1 saturated heterocycles. The number of amides is 1. The highest BCUT2D eigenvalue weighted by Crippen LogP contribution is 2.30. The summed E-state index contributed by atoms with van der Waals surface area (Å²) >= 11 is 0. The van der Waals surface area contributed by atoms with Gasteiger partial charge >= 0.3 is 0 Å². The molecule has 5 heteroatoms. The first-order valence-electron chi connectivity index (χ1n) is 8.86. The zero-order valence-electron chi connectivity index (χ0n) is 14.5. The number of likely N-dealkylation sites (tertiary alicyclic amines) is 1. The molecular weight excluding hydrogens is 304 g/mol. The number of nitrogens with one attached hydrogen (secondary N) is 1. The highest BCUT2D eigenvalue weighted by molar-refractivity contribution is 6.01. The van der Waals surface area contributed by atoms with E-state index in [0.717, 1.165) is 38.4 Å². The highest BCUT2D eigenvalue weighted by atomic mass is 16.5. The van der Waals surface area contributed by atoms with Crippen LogP contribution in [0.1, 0.15) is 43.5 Å². The summed E-state index contributed by atoms with van der Waals surface area (Å²) < 4.78 is 5.35. The lowest BCUT2D eigenvalue weighted by molar-refractivity contribution is -0.118. The molecule has 0 atom stereocenters. The van der Waals surface area contributed by atoms with Gasteiger partial charge in [-0.2, -0.15) is 0 Å². The van der Waals surface area contributed by atoms with Crippen LogP contribution in [0.3, 0.4) is 0 Å². The van der Waals surface area contributed by atoms with Crippen molar-refractivity contribution >= 4 is 17.4 Å². The number of hydrogen-bond donors (Lipinski definition) is 1. The fourth-order valence-corrected chi connectivity index (χ4v) is 3.33. The van der Waals surface area contributed by atoms with Gasteiger partial charge in [-0.25, -0.2) is 0 Å². The smallest absolute Gasteiger partial charge is 0.262 e. The van der Waals surface area contributed by atoms with E-state index in [2.05, 4.69) is 24.1 Å². The maximum atomic E-state index is 12.8. The molecule has 130 valence electrons. The number of Topliss-reactive ketones (excluding diaryl/α,β-unsaturated/α-hetero) is 1. The molecular formula is C19H26N2O3. The Kier molecular flexibility index (Phi) is 5.19. The van der Waals surface area contributed by atoms with Crippen LogP contribution in [0.2, 0.25) is 0 Å². The molecule has 2 heterocycles. The van der Waals surface area contributed by atoms with Crippen molar-refractivity contribution < 1.29 is 14.3 Å².